The van der Waals surface area contributed by atoms with E-state index >= 15 is 0 Å². The summed E-state index contributed by atoms with van der Waals surface area (Å²) in [5.41, 5.74) is -1.31. The third-order valence-electron chi connectivity index (χ3n) is 5.95. The average Bonchev–Trinajstić information content (AvgIpc) is 3.35. The molecule has 2 saturated heterocycles. The van der Waals surface area contributed by atoms with Crippen LogP contribution in [0.4, 0.5) is 0 Å². The molecule has 2 amide bonds. The van der Waals surface area contributed by atoms with Crippen LogP contribution in [0.2, 0.25) is 0 Å². The highest BCUT2D eigenvalue weighted by Crippen LogP contribution is 2.43. The van der Waals surface area contributed by atoms with Gasteiger partial charge in [-0.15, -0.1) is 34.4 Å². The van der Waals surface area contributed by atoms with Crippen molar-refractivity contribution in [3.8, 4) is 0 Å². The number of β-lactam (4-membered cyclic amide) rings is 1. The van der Waals surface area contributed by atoms with Crippen LogP contribution < -0.4 is 10.7 Å². The lowest BCUT2D eigenvalue weighted by atomic mass is 9.87. The van der Waals surface area contributed by atoms with Crippen LogP contribution in [0.25, 0.3) is 10.1 Å². The van der Waals surface area contributed by atoms with Gasteiger partial charge in [0.2, 0.25) is 11.8 Å². The molecule has 35 heavy (non-hydrogen) atoms. The third-order valence-corrected chi connectivity index (χ3v) is 10.4. The number of nitrogens with one attached hydrogen (secondary N) is 1. The zero-order valence-corrected chi connectivity index (χ0v) is 21.5. The number of amides is 2. The summed E-state index contributed by atoms with van der Waals surface area (Å²) in [4.78, 5) is 52.1. The molecule has 0 bridgehead atoms. The van der Waals surface area contributed by atoms with Crippen LogP contribution in [-0.4, -0.2) is 51.5 Å². The van der Waals surface area contributed by atoms with Gasteiger partial charge in [0.15, 0.2) is 5.43 Å². The maximum Gasteiger partial charge on any atom is 0.316 e. The Kier molecular flexibility index (Phi) is 6.75. The van der Waals surface area contributed by atoms with Crippen LogP contribution in [0.3, 0.4) is 0 Å². The number of benzene rings is 1. The highest BCUT2D eigenvalue weighted by molar-refractivity contribution is 8.04. The Labute approximate surface area is 217 Å². The van der Waals surface area contributed by atoms with Gasteiger partial charge >= 0.3 is 5.97 Å². The summed E-state index contributed by atoms with van der Waals surface area (Å²) in [6.07, 6.45) is 1.84. The van der Waals surface area contributed by atoms with E-state index in [9.17, 15) is 24.3 Å². The molecule has 2 aliphatic rings. The van der Waals surface area contributed by atoms with E-state index in [1.54, 1.807) is 23.6 Å². The minimum absolute atomic E-state index is 0.0428. The first-order valence-corrected chi connectivity index (χ1v) is 14.3. The normalized spacial score (nSPS) is 23.8. The van der Waals surface area contributed by atoms with E-state index in [1.807, 2.05) is 35.7 Å². The molecule has 180 valence electrons. The highest BCUT2D eigenvalue weighted by atomic mass is 32.2. The number of carboxylic acid groups (broad SMARTS) is 1. The molecular formula is C24H20N2O5S4. The van der Waals surface area contributed by atoms with Crippen LogP contribution in [-0.2, 0) is 20.8 Å². The van der Waals surface area contributed by atoms with Crippen LogP contribution in [0, 0.1) is 5.41 Å². The minimum atomic E-state index is -1.24. The minimum Gasteiger partial charge on any atom is -0.481 e. The standard InChI is InChI=1S/C24H20N2O5S4/c27-16-11-19(35-17-6-2-1-5-15(16)17)33-9-7-24(23(30)31)12-26-21(29)20(22(26)34-13-24)25-18(28)10-14-4-3-8-32-14/h1-9,11,20,22H,10,12-13H2,(H,25,28)(H,30,31)/t20?,22-,24?/m1/s1. The molecule has 1 aromatic carbocycles. The molecular weight excluding hydrogens is 525 g/mol. The second kappa shape index (κ2) is 9.81. The predicted molar refractivity (Wildman–Crippen MR) is 141 cm³/mol. The van der Waals surface area contributed by atoms with E-state index in [-0.39, 0.29) is 41.3 Å². The van der Waals surface area contributed by atoms with Crippen molar-refractivity contribution >= 4 is 74.1 Å². The molecule has 2 fully saturated rings. The molecule has 0 radical (unpaired) electrons. The van der Waals surface area contributed by atoms with Crippen molar-refractivity contribution in [3.63, 3.8) is 0 Å². The Morgan fingerprint density at radius 1 is 1.23 bits per heavy atom. The van der Waals surface area contributed by atoms with Crippen molar-refractivity contribution in [2.45, 2.75) is 22.0 Å². The van der Waals surface area contributed by atoms with Crippen LogP contribution in [0.15, 0.2) is 68.3 Å². The molecule has 2 unspecified atom stereocenters. The van der Waals surface area contributed by atoms with Gasteiger partial charge < -0.3 is 15.3 Å². The summed E-state index contributed by atoms with van der Waals surface area (Å²) >= 11 is 5.62. The molecule has 0 aliphatic carbocycles. The lowest BCUT2D eigenvalue weighted by Crippen LogP contribution is -2.73. The molecule has 7 nitrogen and oxygen atoms in total. The van der Waals surface area contributed by atoms with Gasteiger partial charge in [0, 0.05) is 33.3 Å². The molecule has 3 atom stereocenters. The fourth-order valence-electron chi connectivity index (χ4n) is 4.06. The van der Waals surface area contributed by atoms with Crippen LogP contribution >= 0.6 is 46.2 Å². The van der Waals surface area contributed by atoms with E-state index in [0.717, 1.165) is 13.8 Å². The average molecular weight is 545 g/mol. The topological polar surface area (TPSA) is 104 Å². The van der Waals surface area contributed by atoms with E-state index < -0.39 is 17.4 Å². The van der Waals surface area contributed by atoms with Gasteiger partial charge in [-0.3, -0.25) is 19.2 Å². The molecule has 2 aliphatic heterocycles. The number of aliphatic carboxylic acids is 1. The van der Waals surface area contributed by atoms with E-state index in [0.29, 0.717) is 5.39 Å². The van der Waals surface area contributed by atoms with Crippen molar-refractivity contribution in [2.75, 3.05) is 12.3 Å². The van der Waals surface area contributed by atoms with Gasteiger partial charge in [-0.1, -0.05) is 36.0 Å². The Morgan fingerprint density at radius 2 is 2.06 bits per heavy atom. The molecule has 4 heterocycles. The van der Waals surface area contributed by atoms with Gasteiger partial charge in [-0.25, -0.2) is 0 Å². The van der Waals surface area contributed by atoms with Gasteiger partial charge in [-0.2, -0.15) is 0 Å². The molecule has 0 spiro atoms. The summed E-state index contributed by atoms with van der Waals surface area (Å²) in [7, 11) is 0. The first kappa shape index (κ1) is 24.1. The number of rotatable bonds is 7. The van der Waals surface area contributed by atoms with Gasteiger partial charge in [-0.05, 0) is 29.0 Å². The molecule has 3 aromatic rings. The SMILES string of the molecule is O=C(Cc1cccs1)NC1C(=O)N2CC(C=CSc3cc(=O)c4ccccc4s3)(C(=O)O)CS[C@H]12. The monoisotopic (exact) mass is 544 g/mol. The van der Waals surface area contributed by atoms with Crippen molar-refractivity contribution in [2.24, 2.45) is 5.41 Å². The first-order chi connectivity index (χ1) is 16.9. The second-order valence-electron chi connectivity index (χ2n) is 8.28. The number of thiophene rings is 1. The summed E-state index contributed by atoms with van der Waals surface area (Å²) in [5, 5.41) is 16.8. The summed E-state index contributed by atoms with van der Waals surface area (Å²) in [6, 6.07) is 12.0. The van der Waals surface area contributed by atoms with Gasteiger partial charge in [0.1, 0.15) is 16.8 Å². The summed E-state index contributed by atoms with van der Waals surface area (Å²) in [6.45, 7) is 0.0428. The van der Waals surface area contributed by atoms with Crippen molar-refractivity contribution in [1.82, 2.24) is 10.2 Å². The number of nitrogens with zero attached hydrogens (tertiary/aromatic N) is 1. The lowest BCUT2D eigenvalue weighted by molar-refractivity contribution is -0.156. The Bertz CT molecular complexity index is 1390. The Balaban J connectivity index is 1.25. The largest absolute Gasteiger partial charge is 0.481 e. The van der Waals surface area contributed by atoms with Crippen LogP contribution in [0.1, 0.15) is 4.88 Å². The Hall–Kier alpha value is -2.60. The number of carbonyl (C=O) groups excluding carboxylic acids is 2. The fraction of sp³-hybridized carbons (Fsp3) is 0.250. The van der Waals surface area contributed by atoms with Crippen molar-refractivity contribution in [1.29, 1.82) is 0 Å². The number of hydrogen-bond donors (Lipinski definition) is 2. The Morgan fingerprint density at radius 3 is 2.83 bits per heavy atom. The molecule has 2 aromatic heterocycles. The smallest absolute Gasteiger partial charge is 0.316 e. The number of thioether (sulfide) groups is 2. The maximum atomic E-state index is 12.7. The van der Waals surface area contributed by atoms with Gasteiger partial charge in [0.25, 0.3) is 0 Å². The third kappa shape index (κ3) is 4.77. The number of fused-ring (bicyclic) bond motifs is 2. The lowest BCUT2D eigenvalue weighted by Gasteiger charge is -2.53. The van der Waals surface area contributed by atoms with Crippen molar-refractivity contribution in [3.05, 3.63) is 74.4 Å². The number of carboxylic acids is 1. The number of carbonyl (C=O) groups is 3. The highest BCUT2D eigenvalue weighted by Gasteiger charge is 2.56. The van der Waals surface area contributed by atoms with E-state index in [4.69, 9.17) is 0 Å². The maximum absolute atomic E-state index is 12.7. The zero-order valence-electron chi connectivity index (χ0n) is 18.2. The molecule has 2 N–H and O–H groups in total. The van der Waals surface area contributed by atoms with Gasteiger partial charge in [0.05, 0.1) is 10.6 Å². The van der Waals surface area contributed by atoms with E-state index in [2.05, 4.69) is 5.32 Å². The molecule has 11 heteroatoms. The van der Waals surface area contributed by atoms with Crippen LogP contribution in [0.5, 0.6) is 0 Å². The number of hydrogen-bond acceptors (Lipinski definition) is 8. The summed E-state index contributed by atoms with van der Waals surface area (Å²) < 4.78 is 1.64. The second-order valence-corrected chi connectivity index (χ2v) is 12.7. The zero-order chi connectivity index (χ0) is 24.6. The first-order valence-electron chi connectivity index (χ1n) is 10.7. The van der Waals surface area contributed by atoms with Crippen molar-refractivity contribution < 1.29 is 19.5 Å². The molecule has 5 rings (SSSR count). The molecule has 0 saturated carbocycles. The fourth-order valence-corrected chi connectivity index (χ4v) is 8.36. The quantitative estimate of drug-likeness (QED) is 0.346. The predicted octanol–water partition coefficient (Wildman–Crippen LogP) is 3.64. The summed E-state index contributed by atoms with van der Waals surface area (Å²) in [5.74, 6) is -1.21. The van der Waals surface area contributed by atoms with E-state index in [1.165, 1.54) is 51.1 Å².